The second-order valence-electron chi connectivity index (χ2n) is 9.68. The molecule has 0 aliphatic carbocycles. The van der Waals surface area contributed by atoms with Crippen LogP contribution in [0.25, 0.3) is 0 Å². The summed E-state index contributed by atoms with van der Waals surface area (Å²) in [7, 11) is 0. The van der Waals surface area contributed by atoms with Gasteiger partial charge in [-0.3, -0.25) is 9.59 Å². The van der Waals surface area contributed by atoms with E-state index in [0.29, 0.717) is 31.8 Å². The summed E-state index contributed by atoms with van der Waals surface area (Å²) < 4.78 is 5.34. The van der Waals surface area contributed by atoms with Crippen LogP contribution in [0.5, 0.6) is 0 Å². The molecule has 1 aromatic carbocycles. The fourth-order valence-corrected chi connectivity index (χ4v) is 4.61. The van der Waals surface area contributed by atoms with Crippen LogP contribution in [0.2, 0.25) is 0 Å². The third-order valence-electron chi connectivity index (χ3n) is 7.22. The Bertz CT molecular complexity index is 784. The maximum Gasteiger partial charge on any atom is 0.408 e. The Hall–Kier alpha value is -2.57. The molecule has 2 atom stereocenters. The number of ether oxygens (including phenoxy) is 1. The van der Waals surface area contributed by atoms with Crippen molar-refractivity contribution in [2.75, 3.05) is 26.2 Å². The van der Waals surface area contributed by atoms with Crippen LogP contribution in [-0.2, 0) is 20.9 Å². The van der Waals surface area contributed by atoms with E-state index in [9.17, 15) is 14.4 Å². The molecule has 2 heterocycles. The van der Waals surface area contributed by atoms with Crippen molar-refractivity contribution in [1.82, 2.24) is 15.1 Å². The summed E-state index contributed by atoms with van der Waals surface area (Å²) in [6.07, 6.45) is 3.70. The zero-order valence-corrected chi connectivity index (χ0v) is 20.3. The van der Waals surface area contributed by atoms with E-state index in [1.54, 1.807) is 4.90 Å². The number of hydrogen-bond acceptors (Lipinski definition) is 4. The average Bonchev–Trinajstić information content (AvgIpc) is 2.86. The Morgan fingerprint density at radius 3 is 2.21 bits per heavy atom. The van der Waals surface area contributed by atoms with Gasteiger partial charge in [-0.05, 0) is 43.1 Å². The normalized spacial score (nSPS) is 19.6. The number of nitrogens with zero attached hydrogens (tertiary/aromatic N) is 2. The number of hydrogen-bond donors (Lipinski definition) is 1. The van der Waals surface area contributed by atoms with Gasteiger partial charge in [-0.2, -0.15) is 0 Å². The lowest BCUT2D eigenvalue weighted by Gasteiger charge is -2.38. The SMILES string of the molecule is CC[C@H](C)[C@H](NC(=O)OCc1ccccc1)C(=O)N1CCC(C(=O)N2CCC(C)CC2)CC1. The highest BCUT2D eigenvalue weighted by Gasteiger charge is 2.35. The predicted octanol–water partition coefficient (Wildman–Crippen LogP) is 3.82. The number of likely N-dealkylation sites (tertiary alicyclic amines) is 2. The molecule has 2 saturated heterocycles. The van der Waals surface area contributed by atoms with Gasteiger partial charge in [-0.15, -0.1) is 0 Å². The maximum atomic E-state index is 13.3. The number of carbonyl (C=O) groups is 3. The van der Waals surface area contributed by atoms with E-state index in [0.717, 1.165) is 37.9 Å². The average molecular weight is 458 g/mol. The summed E-state index contributed by atoms with van der Waals surface area (Å²) >= 11 is 0. The minimum atomic E-state index is -0.630. The number of rotatable bonds is 7. The van der Waals surface area contributed by atoms with E-state index in [4.69, 9.17) is 4.74 Å². The molecule has 0 unspecified atom stereocenters. The number of benzene rings is 1. The van der Waals surface area contributed by atoms with Crippen LogP contribution in [0.3, 0.4) is 0 Å². The minimum Gasteiger partial charge on any atom is -0.445 e. The molecule has 3 rings (SSSR count). The minimum absolute atomic E-state index is 0.00620. The molecule has 0 aromatic heterocycles. The Morgan fingerprint density at radius 1 is 1.00 bits per heavy atom. The van der Waals surface area contributed by atoms with Crippen molar-refractivity contribution < 1.29 is 19.1 Å². The van der Waals surface area contributed by atoms with E-state index in [-0.39, 0.29) is 30.3 Å². The van der Waals surface area contributed by atoms with Crippen molar-refractivity contribution in [3.05, 3.63) is 35.9 Å². The Labute approximate surface area is 197 Å². The van der Waals surface area contributed by atoms with E-state index < -0.39 is 12.1 Å². The molecule has 0 bridgehead atoms. The summed E-state index contributed by atoms with van der Waals surface area (Å²) in [6, 6.07) is 8.84. The van der Waals surface area contributed by atoms with Crippen LogP contribution in [0, 0.1) is 17.8 Å². The first kappa shape index (κ1) is 25.1. The molecule has 0 saturated carbocycles. The molecule has 182 valence electrons. The fraction of sp³-hybridized carbons (Fsp3) is 0.654. The molecular formula is C26H39N3O4. The molecule has 33 heavy (non-hydrogen) atoms. The lowest BCUT2D eigenvalue weighted by Crippen LogP contribution is -2.54. The first-order valence-electron chi connectivity index (χ1n) is 12.4. The summed E-state index contributed by atoms with van der Waals surface area (Å²) in [6.45, 7) is 9.18. The molecule has 0 radical (unpaired) electrons. The Balaban J connectivity index is 1.51. The van der Waals surface area contributed by atoms with Gasteiger partial charge in [-0.25, -0.2) is 4.79 Å². The second-order valence-corrected chi connectivity index (χ2v) is 9.68. The van der Waals surface area contributed by atoms with Gasteiger partial charge < -0.3 is 19.9 Å². The van der Waals surface area contributed by atoms with Gasteiger partial charge in [0.15, 0.2) is 0 Å². The van der Waals surface area contributed by atoms with Crippen molar-refractivity contribution in [3.8, 4) is 0 Å². The molecular weight excluding hydrogens is 418 g/mol. The molecule has 3 amide bonds. The summed E-state index contributed by atoms with van der Waals surface area (Å²) in [5.74, 6) is 0.830. The van der Waals surface area contributed by atoms with Gasteiger partial charge in [0.25, 0.3) is 0 Å². The third kappa shape index (κ3) is 6.95. The van der Waals surface area contributed by atoms with E-state index in [1.807, 2.05) is 49.1 Å². The largest absolute Gasteiger partial charge is 0.445 e. The standard InChI is InChI=1S/C26H39N3O4/c1-4-20(3)23(27-26(32)33-18-21-8-6-5-7-9-21)25(31)29-16-12-22(13-17-29)24(30)28-14-10-19(2)11-15-28/h5-9,19-20,22-23H,4,10-18H2,1-3H3,(H,27,32)/t20-,23-/m0/s1. The van der Waals surface area contributed by atoms with Crippen LogP contribution in [-0.4, -0.2) is 59.9 Å². The Morgan fingerprint density at radius 2 is 1.61 bits per heavy atom. The summed E-state index contributed by atoms with van der Waals surface area (Å²) in [4.78, 5) is 42.4. The van der Waals surface area contributed by atoms with Crippen LogP contribution >= 0.6 is 0 Å². The van der Waals surface area contributed by atoms with Crippen molar-refractivity contribution in [3.63, 3.8) is 0 Å². The molecule has 2 fully saturated rings. The van der Waals surface area contributed by atoms with Gasteiger partial charge in [0.05, 0.1) is 0 Å². The zero-order chi connectivity index (χ0) is 23.8. The third-order valence-corrected chi connectivity index (χ3v) is 7.22. The van der Waals surface area contributed by atoms with Gasteiger partial charge in [-0.1, -0.05) is 57.5 Å². The van der Waals surface area contributed by atoms with Crippen LogP contribution < -0.4 is 5.32 Å². The number of carbonyl (C=O) groups excluding carboxylic acids is 3. The van der Waals surface area contributed by atoms with Crippen molar-refractivity contribution in [2.24, 2.45) is 17.8 Å². The highest BCUT2D eigenvalue weighted by molar-refractivity contribution is 5.86. The monoisotopic (exact) mass is 457 g/mol. The fourth-order valence-electron chi connectivity index (χ4n) is 4.61. The Kier molecular flexibility index (Phi) is 9.15. The summed E-state index contributed by atoms with van der Waals surface area (Å²) in [5.41, 5.74) is 0.897. The zero-order valence-electron chi connectivity index (χ0n) is 20.3. The number of nitrogens with one attached hydrogen (secondary N) is 1. The van der Waals surface area contributed by atoms with Crippen LogP contribution in [0.1, 0.15) is 58.4 Å². The number of alkyl carbamates (subject to hydrolysis) is 1. The van der Waals surface area contributed by atoms with Crippen LogP contribution in [0.15, 0.2) is 30.3 Å². The van der Waals surface area contributed by atoms with E-state index in [1.165, 1.54) is 0 Å². The number of piperidine rings is 2. The van der Waals surface area contributed by atoms with Crippen molar-refractivity contribution >= 4 is 17.9 Å². The summed E-state index contributed by atoms with van der Waals surface area (Å²) in [5, 5.41) is 2.80. The topological polar surface area (TPSA) is 79.0 Å². The van der Waals surface area contributed by atoms with E-state index >= 15 is 0 Å². The van der Waals surface area contributed by atoms with Gasteiger partial charge in [0, 0.05) is 32.1 Å². The molecule has 1 N–H and O–H groups in total. The van der Waals surface area contributed by atoms with Gasteiger partial charge >= 0.3 is 6.09 Å². The highest BCUT2D eigenvalue weighted by atomic mass is 16.5. The van der Waals surface area contributed by atoms with Crippen molar-refractivity contribution in [1.29, 1.82) is 0 Å². The number of amides is 3. The maximum absolute atomic E-state index is 13.3. The second kappa shape index (κ2) is 12.1. The van der Waals surface area contributed by atoms with Crippen LogP contribution in [0.4, 0.5) is 4.79 Å². The first-order valence-corrected chi connectivity index (χ1v) is 12.4. The molecule has 7 heteroatoms. The van der Waals surface area contributed by atoms with Crippen molar-refractivity contribution in [2.45, 2.75) is 65.5 Å². The smallest absolute Gasteiger partial charge is 0.408 e. The lowest BCUT2D eigenvalue weighted by molar-refractivity contribution is -0.143. The molecule has 1 aromatic rings. The molecule has 2 aliphatic rings. The van der Waals surface area contributed by atoms with Gasteiger partial charge in [0.2, 0.25) is 11.8 Å². The van der Waals surface area contributed by atoms with Gasteiger partial charge in [0.1, 0.15) is 12.6 Å². The lowest BCUT2D eigenvalue weighted by atomic mass is 9.91. The van der Waals surface area contributed by atoms with E-state index in [2.05, 4.69) is 12.2 Å². The quantitative estimate of drug-likeness (QED) is 0.675. The molecule has 2 aliphatic heterocycles. The highest BCUT2D eigenvalue weighted by Crippen LogP contribution is 2.24. The first-order chi connectivity index (χ1) is 15.9. The predicted molar refractivity (Wildman–Crippen MR) is 127 cm³/mol. The molecule has 0 spiro atoms. The molecule has 7 nitrogen and oxygen atoms in total.